The number of anilines is 3. The highest BCUT2D eigenvalue weighted by Crippen LogP contribution is 2.19. The van der Waals surface area contributed by atoms with Crippen LogP contribution in [0.5, 0.6) is 0 Å². The van der Waals surface area contributed by atoms with E-state index in [0.717, 1.165) is 24.5 Å². The largest absolute Gasteiger partial charge is 0.467 e. The zero-order chi connectivity index (χ0) is 23.8. The van der Waals surface area contributed by atoms with Crippen LogP contribution < -0.4 is 15.1 Å². The van der Waals surface area contributed by atoms with Crippen LogP contribution in [0.1, 0.15) is 5.56 Å². The molecule has 1 aliphatic heterocycles. The molecular weight excluding hydrogens is 458 g/mol. The molecule has 34 heavy (non-hydrogen) atoms. The molecule has 1 aliphatic rings. The number of nitrogens with one attached hydrogen (secondary N) is 1. The normalized spacial score (nSPS) is 14.5. The molecule has 1 aromatic carbocycles. The van der Waals surface area contributed by atoms with Crippen LogP contribution in [0.2, 0.25) is 5.28 Å². The number of hydrogen-bond donors (Lipinski definition) is 1. The van der Waals surface area contributed by atoms with Crippen molar-refractivity contribution in [1.82, 2.24) is 19.9 Å². The molecule has 10 nitrogen and oxygen atoms in total. The fourth-order valence-electron chi connectivity index (χ4n) is 3.56. The quantitative estimate of drug-likeness (QED) is 0.456. The number of carbonyl (C=O) groups excluding carboxylic acids is 1. The van der Waals surface area contributed by atoms with E-state index in [9.17, 15) is 4.79 Å². The molecule has 3 heterocycles. The molecule has 0 bridgehead atoms. The third-order valence-corrected chi connectivity index (χ3v) is 5.49. The van der Waals surface area contributed by atoms with E-state index in [1.807, 2.05) is 53.4 Å². The molecule has 0 saturated carbocycles. The van der Waals surface area contributed by atoms with Gasteiger partial charge in [0.05, 0.1) is 20.3 Å². The second kappa shape index (κ2) is 11.6. The lowest BCUT2D eigenvalue weighted by Crippen LogP contribution is -2.47. The maximum atomic E-state index is 12.3. The highest BCUT2D eigenvalue weighted by atomic mass is 35.5. The molecule has 3 aromatic rings. The summed E-state index contributed by atoms with van der Waals surface area (Å²) in [5.74, 6) is 1.07. The first-order valence-electron chi connectivity index (χ1n) is 10.9. The summed E-state index contributed by atoms with van der Waals surface area (Å²) in [6.07, 6.45) is 1.78. The Bertz CT molecular complexity index is 1070. The minimum absolute atomic E-state index is 0.0356. The lowest BCUT2D eigenvalue weighted by molar-refractivity contribution is -0.143. The van der Waals surface area contributed by atoms with E-state index in [4.69, 9.17) is 21.1 Å². The van der Waals surface area contributed by atoms with E-state index in [0.29, 0.717) is 25.6 Å². The van der Waals surface area contributed by atoms with Crippen LogP contribution in [0.25, 0.3) is 0 Å². The maximum Gasteiger partial charge on any atom is 0.330 e. The SMILES string of the molecule is COC(=O)C(COCc1ccccc1)Nc1nc(Cl)nc(N2CCN(c3ccccn3)CC2)n1. The number of rotatable bonds is 9. The standard InChI is InChI=1S/C23H26ClN7O3/c1-33-20(32)18(16-34-15-17-7-3-2-4-8-17)26-22-27-21(24)28-23(29-22)31-13-11-30(12-14-31)19-9-5-6-10-25-19/h2-10,18H,11-16H2,1H3,(H,26,27,28,29). The fourth-order valence-corrected chi connectivity index (χ4v) is 3.71. The molecule has 0 aliphatic carbocycles. The summed E-state index contributed by atoms with van der Waals surface area (Å²) >= 11 is 6.18. The number of aromatic nitrogens is 4. The molecule has 1 N–H and O–H groups in total. The number of benzene rings is 1. The molecule has 1 fully saturated rings. The van der Waals surface area contributed by atoms with Gasteiger partial charge in [0, 0.05) is 32.4 Å². The summed E-state index contributed by atoms with van der Waals surface area (Å²) in [6, 6.07) is 14.8. The number of ether oxygens (including phenoxy) is 2. The van der Waals surface area contributed by atoms with Crippen molar-refractivity contribution in [3.8, 4) is 0 Å². The zero-order valence-electron chi connectivity index (χ0n) is 18.8. The second-order valence-electron chi connectivity index (χ2n) is 7.61. The number of piperazine rings is 1. The van der Waals surface area contributed by atoms with Crippen LogP contribution in [0.3, 0.4) is 0 Å². The van der Waals surface area contributed by atoms with Crippen molar-refractivity contribution in [2.45, 2.75) is 12.6 Å². The molecular formula is C23H26ClN7O3. The maximum absolute atomic E-state index is 12.3. The Morgan fingerprint density at radius 1 is 1.03 bits per heavy atom. The molecule has 2 aromatic heterocycles. The van der Waals surface area contributed by atoms with Crippen LogP contribution in [0.4, 0.5) is 17.7 Å². The molecule has 178 valence electrons. The van der Waals surface area contributed by atoms with Gasteiger partial charge in [-0.2, -0.15) is 15.0 Å². The molecule has 0 radical (unpaired) electrons. The van der Waals surface area contributed by atoms with Gasteiger partial charge in [0.1, 0.15) is 5.82 Å². The van der Waals surface area contributed by atoms with Crippen molar-refractivity contribution in [2.24, 2.45) is 0 Å². The predicted molar refractivity (Wildman–Crippen MR) is 129 cm³/mol. The predicted octanol–water partition coefficient (Wildman–Crippen LogP) is 2.42. The summed E-state index contributed by atoms with van der Waals surface area (Å²) in [4.78, 5) is 33.8. The van der Waals surface area contributed by atoms with Crippen LogP contribution >= 0.6 is 11.6 Å². The van der Waals surface area contributed by atoms with Gasteiger partial charge >= 0.3 is 5.97 Å². The van der Waals surface area contributed by atoms with Crippen molar-refractivity contribution in [1.29, 1.82) is 0 Å². The van der Waals surface area contributed by atoms with Gasteiger partial charge in [0.25, 0.3) is 0 Å². The monoisotopic (exact) mass is 483 g/mol. The Morgan fingerprint density at radius 3 is 2.47 bits per heavy atom. The third kappa shape index (κ3) is 6.30. The van der Waals surface area contributed by atoms with Crippen molar-refractivity contribution in [3.05, 3.63) is 65.6 Å². The Morgan fingerprint density at radius 2 is 1.76 bits per heavy atom. The first-order chi connectivity index (χ1) is 16.6. The Hall–Kier alpha value is -3.50. The Kier molecular flexibility index (Phi) is 8.05. The summed E-state index contributed by atoms with van der Waals surface area (Å²) < 4.78 is 10.6. The third-order valence-electron chi connectivity index (χ3n) is 5.32. The van der Waals surface area contributed by atoms with Crippen molar-refractivity contribution >= 4 is 35.3 Å². The molecule has 1 atom stereocenters. The average Bonchev–Trinajstić information content (AvgIpc) is 2.88. The highest BCUT2D eigenvalue weighted by molar-refractivity contribution is 6.28. The van der Waals surface area contributed by atoms with Gasteiger partial charge in [-0.25, -0.2) is 9.78 Å². The van der Waals surface area contributed by atoms with Crippen molar-refractivity contribution < 1.29 is 14.3 Å². The van der Waals surface area contributed by atoms with Crippen LogP contribution in [0, 0.1) is 0 Å². The van der Waals surface area contributed by atoms with Crippen LogP contribution in [-0.4, -0.2) is 71.8 Å². The summed E-state index contributed by atoms with van der Waals surface area (Å²) in [5, 5.41) is 3.01. The van der Waals surface area contributed by atoms with Crippen LogP contribution in [-0.2, 0) is 20.9 Å². The Labute approximate surface area is 202 Å². The van der Waals surface area contributed by atoms with E-state index in [1.165, 1.54) is 7.11 Å². The minimum Gasteiger partial charge on any atom is -0.467 e. The number of pyridine rings is 1. The van der Waals surface area contributed by atoms with Gasteiger partial charge in [-0.3, -0.25) is 0 Å². The molecule has 4 rings (SSSR count). The zero-order valence-corrected chi connectivity index (χ0v) is 19.6. The van der Waals surface area contributed by atoms with Gasteiger partial charge in [0.15, 0.2) is 6.04 Å². The summed E-state index contributed by atoms with van der Waals surface area (Å²) in [7, 11) is 1.32. The second-order valence-corrected chi connectivity index (χ2v) is 7.95. The molecule has 0 spiro atoms. The Balaban J connectivity index is 1.39. The van der Waals surface area contributed by atoms with Gasteiger partial charge in [0.2, 0.25) is 17.2 Å². The molecule has 0 amide bonds. The topological polar surface area (TPSA) is 106 Å². The van der Waals surface area contributed by atoms with Gasteiger partial charge in [-0.15, -0.1) is 0 Å². The first kappa shape index (κ1) is 23.7. The van der Waals surface area contributed by atoms with E-state index < -0.39 is 12.0 Å². The van der Waals surface area contributed by atoms with E-state index in [1.54, 1.807) is 6.20 Å². The average molecular weight is 484 g/mol. The number of nitrogens with zero attached hydrogens (tertiary/aromatic N) is 6. The van der Waals surface area contributed by atoms with Crippen molar-refractivity contribution in [3.63, 3.8) is 0 Å². The number of halogens is 1. The van der Waals surface area contributed by atoms with Crippen molar-refractivity contribution in [2.75, 3.05) is 55.0 Å². The van der Waals surface area contributed by atoms with Gasteiger partial charge in [-0.05, 0) is 29.3 Å². The molecule has 11 heteroatoms. The summed E-state index contributed by atoms with van der Waals surface area (Å²) in [6.45, 7) is 3.35. The highest BCUT2D eigenvalue weighted by Gasteiger charge is 2.24. The van der Waals surface area contributed by atoms with Crippen LogP contribution in [0.15, 0.2) is 54.7 Å². The minimum atomic E-state index is -0.805. The molecule has 1 saturated heterocycles. The number of hydrogen-bond acceptors (Lipinski definition) is 10. The van der Waals surface area contributed by atoms with E-state index in [-0.39, 0.29) is 17.8 Å². The van der Waals surface area contributed by atoms with E-state index in [2.05, 4.69) is 30.2 Å². The summed E-state index contributed by atoms with van der Waals surface area (Å²) in [5.41, 5.74) is 1.00. The molecule has 1 unspecified atom stereocenters. The van der Waals surface area contributed by atoms with Gasteiger partial charge in [-0.1, -0.05) is 36.4 Å². The smallest absolute Gasteiger partial charge is 0.330 e. The van der Waals surface area contributed by atoms with E-state index >= 15 is 0 Å². The lowest BCUT2D eigenvalue weighted by atomic mass is 10.2. The lowest BCUT2D eigenvalue weighted by Gasteiger charge is -2.35. The first-order valence-corrected chi connectivity index (χ1v) is 11.3. The van der Waals surface area contributed by atoms with Gasteiger partial charge < -0.3 is 24.6 Å². The number of methoxy groups -OCH3 is 1. The number of esters is 1. The fraction of sp³-hybridized carbons (Fsp3) is 0.348. The number of carbonyl (C=O) groups is 1.